The number of aromatic nitrogens is 2. The van der Waals surface area contributed by atoms with Crippen molar-refractivity contribution < 1.29 is 4.52 Å². The summed E-state index contributed by atoms with van der Waals surface area (Å²) < 4.78 is 5.19. The van der Waals surface area contributed by atoms with Crippen molar-refractivity contribution >= 4 is 0 Å². The average Bonchev–Trinajstić information content (AvgIpc) is 2.68. The van der Waals surface area contributed by atoms with Gasteiger partial charge in [-0.2, -0.15) is 0 Å². The molecule has 4 heteroatoms. The largest absolute Gasteiger partial charge is 0.361 e. The summed E-state index contributed by atoms with van der Waals surface area (Å²) in [5.41, 5.74) is 4.38. The molecule has 0 aliphatic carbocycles. The van der Waals surface area contributed by atoms with E-state index in [4.69, 9.17) is 4.52 Å². The minimum Gasteiger partial charge on any atom is -0.361 e. The summed E-state index contributed by atoms with van der Waals surface area (Å²) in [5, 5.41) is 7.44. The van der Waals surface area contributed by atoms with E-state index in [0.29, 0.717) is 0 Å². The highest BCUT2D eigenvalue weighted by Gasteiger charge is 2.16. The van der Waals surface area contributed by atoms with Crippen molar-refractivity contribution in [3.8, 4) is 0 Å². The van der Waals surface area contributed by atoms with Crippen LogP contribution in [0.25, 0.3) is 0 Å². The summed E-state index contributed by atoms with van der Waals surface area (Å²) in [7, 11) is 0. The minimum absolute atomic E-state index is 0.206. The first-order valence-corrected chi connectivity index (χ1v) is 6.16. The van der Waals surface area contributed by atoms with Crippen LogP contribution in [-0.4, -0.2) is 10.1 Å². The maximum absolute atomic E-state index is 5.19. The van der Waals surface area contributed by atoms with Crippen molar-refractivity contribution in [3.63, 3.8) is 0 Å². The number of nitrogens with zero attached hydrogens (tertiary/aromatic N) is 2. The molecule has 18 heavy (non-hydrogen) atoms. The molecule has 1 unspecified atom stereocenters. The third-order valence-electron chi connectivity index (χ3n) is 3.22. The summed E-state index contributed by atoms with van der Waals surface area (Å²) in [5.74, 6) is 0.880. The third-order valence-corrected chi connectivity index (χ3v) is 3.22. The van der Waals surface area contributed by atoms with Gasteiger partial charge in [0.2, 0.25) is 0 Å². The molecule has 2 aromatic rings. The summed E-state index contributed by atoms with van der Waals surface area (Å²) in [6, 6.07) is 4.24. The van der Waals surface area contributed by atoms with Crippen molar-refractivity contribution in [1.29, 1.82) is 0 Å². The Balaban J connectivity index is 2.05. The highest BCUT2D eigenvalue weighted by molar-refractivity contribution is 5.25. The van der Waals surface area contributed by atoms with Crippen LogP contribution in [0.3, 0.4) is 0 Å². The molecule has 2 heterocycles. The number of nitrogens with one attached hydrogen (secondary N) is 1. The molecule has 96 valence electrons. The standard InChI is InChI=1S/C14H19N3O/c1-9-6-5-7-15-13(9)8-16-10(2)14-11(3)17-18-12(14)4/h5-7,10,16H,8H2,1-4H3. The molecule has 0 saturated carbocycles. The molecule has 2 aromatic heterocycles. The molecule has 0 aromatic carbocycles. The van der Waals surface area contributed by atoms with Crippen LogP contribution in [0.4, 0.5) is 0 Å². The first-order chi connectivity index (χ1) is 8.59. The van der Waals surface area contributed by atoms with Crippen LogP contribution in [0.5, 0.6) is 0 Å². The van der Waals surface area contributed by atoms with Crippen LogP contribution in [-0.2, 0) is 6.54 Å². The molecule has 0 aliphatic rings. The lowest BCUT2D eigenvalue weighted by atomic mass is 10.1. The molecule has 0 amide bonds. The van der Waals surface area contributed by atoms with Gasteiger partial charge in [0.15, 0.2) is 0 Å². The van der Waals surface area contributed by atoms with E-state index in [1.807, 2.05) is 26.1 Å². The normalized spacial score (nSPS) is 12.7. The Morgan fingerprint density at radius 2 is 2.11 bits per heavy atom. The summed E-state index contributed by atoms with van der Waals surface area (Å²) >= 11 is 0. The van der Waals surface area contributed by atoms with E-state index in [1.54, 1.807) is 0 Å². The van der Waals surface area contributed by atoms with Crippen LogP contribution in [0.1, 0.15) is 41.2 Å². The lowest BCUT2D eigenvalue weighted by molar-refractivity contribution is 0.390. The quantitative estimate of drug-likeness (QED) is 0.900. The Morgan fingerprint density at radius 3 is 2.72 bits per heavy atom. The number of hydrogen-bond acceptors (Lipinski definition) is 4. The van der Waals surface area contributed by atoms with Crippen LogP contribution in [0.2, 0.25) is 0 Å². The van der Waals surface area contributed by atoms with Crippen molar-refractivity contribution in [1.82, 2.24) is 15.5 Å². The van der Waals surface area contributed by atoms with Crippen LogP contribution in [0.15, 0.2) is 22.9 Å². The van der Waals surface area contributed by atoms with Gasteiger partial charge in [-0.05, 0) is 39.3 Å². The first-order valence-electron chi connectivity index (χ1n) is 6.16. The van der Waals surface area contributed by atoms with Gasteiger partial charge in [0.05, 0.1) is 11.4 Å². The van der Waals surface area contributed by atoms with E-state index in [9.17, 15) is 0 Å². The highest BCUT2D eigenvalue weighted by Crippen LogP contribution is 2.21. The van der Waals surface area contributed by atoms with E-state index >= 15 is 0 Å². The SMILES string of the molecule is Cc1cccnc1CNC(C)c1c(C)noc1C. The Bertz CT molecular complexity index is 514. The summed E-state index contributed by atoms with van der Waals surface area (Å²) in [4.78, 5) is 4.37. The topological polar surface area (TPSA) is 51.0 Å². The van der Waals surface area contributed by atoms with Gasteiger partial charge in [-0.3, -0.25) is 4.98 Å². The molecule has 0 bridgehead atoms. The van der Waals surface area contributed by atoms with Gasteiger partial charge in [0.25, 0.3) is 0 Å². The first kappa shape index (κ1) is 12.8. The number of hydrogen-bond donors (Lipinski definition) is 1. The minimum atomic E-state index is 0.206. The Hall–Kier alpha value is -1.68. The van der Waals surface area contributed by atoms with Gasteiger partial charge in [0, 0.05) is 24.3 Å². The molecule has 0 saturated heterocycles. The zero-order valence-corrected chi connectivity index (χ0v) is 11.3. The number of aryl methyl sites for hydroxylation is 3. The second-order valence-corrected chi connectivity index (χ2v) is 4.61. The zero-order chi connectivity index (χ0) is 13.1. The average molecular weight is 245 g/mol. The Morgan fingerprint density at radius 1 is 1.33 bits per heavy atom. The van der Waals surface area contributed by atoms with Crippen LogP contribution < -0.4 is 5.32 Å². The monoisotopic (exact) mass is 245 g/mol. The third kappa shape index (κ3) is 2.59. The fourth-order valence-electron chi connectivity index (χ4n) is 2.16. The smallest absolute Gasteiger partial charge is 0.138 e. The molecule has 1 atom stereocenters. The van der Waals surface area contributed by atoms with Crippen molar-refractivity contribution in [2.45, 2.75) is 40.3 Å². The van der Waals surface area contributed by atoms with E-state index < -0.39 is 0 Å². The molecule has 1 N–H and O–H groups in total. The maximum atomic E-state index is 5.19. The lowest BCUT2D eigenvalue weighted by Gasteiger charge is -2.14. The molecular formula is C14H19N3O. The predicted octanol–water partition coefficient (Wildman–Crippen LogP) is 2.85. The number of pyridine rings is 1. The number of rotatable bonds is 4. The second kappa shape index (κ2) is 5.31. The fraction of sp³-hybridized carbons (Fsp3) is 0.429. The maximum Gasteiger partial charge on any atom is 0.138 e. The van der Waals surface area contributed by atoms with Gasteiger partial charge >= 0.3 is 0 Å². The van der Waals surface area contributed by atoms with E-state index in [-0.39, 0.29) is 6.04 Å². The van der Waals surface area contributed by atoms with Gasteiger partial charge < -0.3 is 9.84 Å². The molecule has 0 aliphatic heterocycles. The second-order valence-electron chi connectivity index (χ2n) is 4.61. The van der Waals surface area contributed by atoms with Gasteiger partial charge in [0.1, 0.15) is 5.76 Å². The molecule has 0 radical (unpaired) electrons. The zero-order valence-electron chi connectivity index (χ0n) is 11.3. The van der Waals surface area contributed by atoms with E-state index in [1.165, 1.54) is 5.56 Å². The Labute approximate surface area is 107 Å². The van der Waals surface area contributed by atoms with Crippen molar-refractivity contribution in [3.05, 3.63) is 46.6 Å². The molecule has 0 spiro atoms. The van der Waals surface area contributed by atoms with Gasteiger partial charge in [-0.15, -0.1) is 0 Å². The molecular weight excluding hydrogens is 226 g/mol. The molecule has 0 fully saturated rings. The predicted molar refractivity (Wildman–Crippen MR) is 70.2 cm³/mol. The van der Waals surface area contributed by atoms with Crippen molar-refractivity contribution in [2.75, 3.05) is 0 Å². The van der Waals surface area contributed by atoms with E-state index in [0.717, 1.165) is 29.3 Å². The van der Waals surface area contributed by atoms with Crippen LogP contribution >= 0.6 is 0 Å². The highest BCUT2D eigenvalue weighted by atomic mass is 16.5. The van der Waals surface area contributed by atoms with Gasteiger partial charge in [-0.1, -0.05) is 11.2 Å². The van der Waals surface area contributed by atoms with E-state index in [2.05, 4.69) is 35.4 Å². The summed E-state index contributed by atoms with van der Waals surface area (Å²) in [6.45, 7) is 8.85. The molecule has 4 nitrogen and oxygen atoms in total. The lowest BCUT2D eigenvalue weighted by Crippen LogP contribution is -2.20. The van der Waals surface area contributed by atoms with Gasteiger partial charge in [-0.25, -0.2) is 0 Å². The van der Waals surface area contributed by atoms with Crippen LogP contribution in [0, 0.1) is 20.8 Å². The summed E-state index contributed by atoms with van der Waals surface area (Å²) in [6.07, 6.45) is 1.82. The van der Waals surface area contributed by atoms with Crippen molar-refractivity contribution in [2.24, 2.45) is 0 Å². The fourth-order valence-corrected chi connectivity index (χ4v) is 2.16. The Kier molecular flexibility index (Phi) is 3.77. The molecule has 2 rings (SSSR count).